The van der Waals surface area contributed by atoms with Crippen LogP contribution in [-0.4, -0.2) is 76.0 Å². The van der Waals surface area contributed by atoms with E-state index in [1.54, 1.807) is 21.9 Å². The average Bonchev–Trinajstić information content (AvgIpc) is 4.20. The number of fused-ring (bicyclic) bond motifs is 2. The van der Waals surface area contributed by atoms with E-state index < -0.39 is 113 Å². The number of ketones is 1. The molecule has 0 aromatic heterocycles. The number of rotatable bonds is 10. The number of nitrogens with zero attached hydrogens (tertiary/aromatic N) is 2. The van der Waals surface area contributed by atoms with E-state index in [2.05, 4.69) is 0 Å². The van der Waals surface area contributed by atoms with E-state index in [0.29, 0.717) is 80.3 Å². The van der Waals surface area contributed by atoms with Crippen LogP contribution in [-0.2, 0) is 48.6 Å². The molecule has 2 saturated heterocycles. The second kappa shape index (κ2) is 23.2. The fourth-order valence-corrected chi connectivity index (χ4v) is 12.0. The van der Waals surface area contributed by atoms with Gasteiger partial charge in [-0.15, -0.1) is 0 Å². The second-order valence-corrected chi connectivity index (χ2v) is 21.5. The maximum atomic E-state index is 13.8. The number of Topliss-reactive ketones (excluding diaryl/α,β-unsaturated/α-hetero) is 1. The van der Waals surface area contributed by atoms with Gasteiger partial charge in [-0.2, -0.15) is 52.7 Å². The van der Waals surface area contributed by atoms with Crippen molar-refractivity contribution in [3.63, 3.8) is 0 Å². The Morgan fingerprint density at radius 3 is 1.22 bits per heavy atom. The van der Waals surface area contributed by atoms with E-state index in [-0.39, 0.29) is 60.4 Å². The number of alkyl halides is 12. The molecule has 0 bridgehead atoms. The van der Waals surface area contributed by atoms with Gasteiger partial charge in [0.05, 0.1) is 52.8 Å². The lowest BCUT2D eigenvalue weighted by molar-refractivity contribution is -0.145. The number of ether oxygens (including phenoxy) is 2. The summed E-state index contributed by atoms with van der Waals surface area (Å²) in [6.45, 7) is 2.84. The van der Waals surface area contributed by atoms with Crippen molar-refractivity contribution in [3.05, 3.63) is 188 Å². The first kappa shape index (κ1) is 60.0. The Kier molecular flexibility index (Phi) is 17.0. The number of allylic oxidation sites excluding steroid dienone is 3. The fraction of sp³-hybridized carbons (Fsp3) is 0.417. The fourth-order valence-electron chi connectivity index (χ4n) is 12.0. The molecule has 2 amide bonds. The SMILES string of the molecule is C[C@@H](OC1CN2C(=O)C=C(C3=CCC(=O)CC3)CC2[C@@H]1c1ccc(F)cc1)c1cc(C(F)(F)F)cc(C(F)(F)F)c1.C[C@@H](OC1CN2C(=O)C=C(C3=CCC(O)CC3)CC2[C@@H]1c1ccc(F)cc1)c1cc(C(F)(F)F)cc(C(F)(F)F)c1. The van der Waals surface area contributed by atoms with Gasteiger partial charge in [0, 0.05) is 62.0 Å². The molecule has 1 N–H and O–H groups in total. The molecule has 6 aliphatic rings. The van der Waals surface area contributed by atoms with Gasteiger partial charge < -0.3 is 24.4 Å². The number of hydrogen-bond acceptors (Lipinski definition) is 6. The molecule has 82 heavy (non-hydrogen) atoms. The first-order chi connectivity index (χ1) is 38.4. The highest BCUT2D eigenvalue weighted by Crippen LogP contribution is 2.48. The quantitative estimate of drug-likeness (QED) is 0.159. The lowest BCUT2D eigenvalue weighted by Gasteiger charge is -2.34. The maximum absolute atomic E-state index is 13.8. The van der Waals surface area contributed by atoms with Crippen LogP contribution in [0.1, 0.15) is 134 Å². The van der Waals surface area contributed by atoms with E-state index >= 15 is 0 Å². The summed E-state index contributed by atoms with van der Waals surface area (Å²) >= 11 is 0. The van der Waals surface area contributed by atoms with E-state index in [9.17, 15) is 81.0 Å². The van der Waals surface area contributed by atoms with Crippen LogP contribution in [0.2, 0.25) is 0 Å². The standard InChI is InChI=1S/C30H28F7NO3.C30H26F7NO3/c2*1-16(19-10-21(29(32,33)34)14-22(11-19)30(35,36)37)41-26-15-38-25(28(26)18-2-6-23(31)7-3-18)12-20(13-27(38)40)17-4-8-24(39)9-5-17/h2-4,6-7,10-11,13-14,16,24-26,28,39H,5,8-9,12,15H2,1H3;2-4,6-7,10-11,13-14,16,25-26,28H,5,8-9,12,15H2,1H3/t16-,24?,25?,26?,28+;16-,25?,26?,28+/m11/s1. The summed E-state index contributed by atoms with van der Waals surface area (Å²) in [5.41, 5.74) is -1.66. The molecule has 4 heterocycles. The van der Waals surface area contributed by atoms with Gasteiger partial charge in [-0.05, 0) is 158 Å². The predicted octanol–water partition coefficient (Wildman–Crippen LogP) is 14.4. The first-order valence-electron chi connectivity index (χ1n) is 26.4. The Morgan fingerprint density at radius 2 is 0.890 bits per heavy atom. The molecule has 0 radical (unpaired) electrons. The molecule has 4 aromatic carbocycles. The van der Waals surface area contributed by atoms with E-state index in [0.717, 1.165) is 22.3 Å². The zero-order valence-electron chi connectivity index (χ0n) is 43.8. The van der Waals surface area contributed by atoms with Gasteiger partial charge in [0.15, 0.2) is 0 Å². The van der Waals surface area contributed by atoms with Crippen LogP contribution >= 0.6 is 0 Å². The summed E-state index contributed by atoms with van der Waals surface area (Å²) in [6, 6.07) is 13.0. The average molecular weight is 1170 g/mol. The smallest absolute Gasteiger partial charge is 0.393 e. The van der Waals surface area contributed by atoms with Gasteiger partial charge in [-0.25, -0.2) is 8.78 Å². The Labute approximate surface area is 461 Å². The van der Waals surface area contributed by atoms with Gasteiger partial charge in [0.2, 0.25) is 11.8 Å². The number of aliphatic hydroxyl groups is 1. The number of amides is 2. The van der Waals surface area contributed by atoms with Crippen molar-refractivity contribution < 1.29 is 90.4 Å². The summed E-state index contributed by atoms with van der Waals surface area (Å²) in [5, 5.41) is 9.87. The molecule has 438 valence electrons. The molecule has 4 aromatic rings. The van der Waals surface area contributed by atoms with Crippen LogP contribution in [0.5, 0.6) is 0 Å². The van der Waals surface area contributed by atoms with Crippen molar-refractivity contribution in [3.8, 4) is 0 Å². The topological polar surface area (TPSA) is 96.4 Å². The Hall–Kier alpha value is -6.65. The molecule has 10 rings (SSSR count). The Bertz CT molecular complexity index is 3130. The highest BCUT2D eigenvalue weighted by molar-refractivity contribution is 5.92. The summed E-state index contributed by atoms with van der Waals surface area (Å²) in [5.74, 6) is -2.52. The zero-order chi connectivity index (χ0) is 59.4. The predicted molar refractivity (Wildman–Crippen MR) is 269 cm³/mol. The van der Waals surface area contributed by atoms with Crippen LogP contribution < -0.4 is 0 Å². The van der Waals surface area contributed by atoms with Crippen molar-refractivity contribution in [2.24, 2.45) is 0 Å². The van der Waals surface area contributed by atoms with E-state index in [4.69, 9.17) is 9.47 Å². The lowest BCUT2D eigenvalue weighted by Crippen LogP contribution is -2.40. The van der Waals surface area contributed by atoms with Crippen molar-refractivity contribution in [1.29, 1.82) is 0 Å². The highest BCUT2D eigenvalue weighted by Gasteiger charge is 2.50. The number of aliphatic hydroxyl groups excluding tert-OH is 1. The Morgan fingerprint density at radius 1 is 0.512 bits per heavy atom. The number of halogens is 14. The molecule has 2 fully saturated rings. The largest absolute Gasteiger partial charge is 0.416 e. The Balaban J connectivity index is 0.000000198. The molecular weight excluding hydrogens is 1110 g/mol. The molecule has 22 heteroatoms. The summed E-state index contributed by atoms with van der Waals surface area (Å²) in [6.07, 6.45) is -14.0. The zero-order valence-corrected chi connectivity index (χ0v) is 43.8. The monoisotopic (exact) mass is 1160 g/mol. The highest BCUT2D eigenvalue weighted by atomic mass is 19.4. The third kappa shape index (κ3) is 13.4. The van der Waals surface area contributed by atoms with Gasteiger partial charge in [-0.1, -0.05) is 36.4 Å². The normalized spacial score (nSPS) is 25.1. The third-order valence-corrected chi connectivity index (χ3v) is 16.1. The summed E-state index contributed by atoms with van der Waals surface area (Å²) in [7, 11) is 0. The minimum atomic E-state index is -5.01. The van der Waals surface area contributed by atoms with Crippen LogP contribution in [0.4, 0.5) is 61.5 Å². The van der Waals surface area contributed by atoms with Crippen molar-refractivity contribution in [2.45, 2.75) is 144 Å². The maximum Gasteiger partial charge on any atom is 0.416 e. The van der Waals surface area contributed by atoms with Gasteiger partial charge in [0.1, 0.15) is 17.4 Å². The molecule has 5 unspecified atom stereocenters. The lowest BCUT2D eigenvalue weighted by atomic mass is 9.81. The van der Waals surface area contributed by atoms with Gasteiger partial charge in [0.25, 0.3) is 0 Å². The molecular formula is C60H54F14N2O6. The first-order valence-corrected chi connectivity index (χ1v) is 26.4. The number of hydrogen-bond donors (Lipinski definition) is 1. The molecule has 9 atom stereocenters. The third-order valence-electron chi connectivity index (χ3n) is 16.1. The minimum Gasteiger partial charge on any atom is -0.393 e. The van der Waals surface area contributed by atoms with Gasteiger partial charge >= 0.3 is 24.7 Å². The second-order valence-electron chi connectivity index (χ2n) is 21.5. The number of benzene rings is 4. The number of carbonyl (C=O) groups is 3. The van der Waals surface area contributed by atoms with Crippen LogP contribution in [0.15, 0.2) is 132 Å². The molecule has 0 saturated carbocycles. The summed E-state index contributed by atoms with van der Waals surface area (Å²) < 4.78 is 201. The molecule has 2 aliphatic carbocycles. The van der Waals surface area contributed by atoms with E-state index in [1.807, 2.05) is 12.2 Å². The molecule has 4 aliphatic heterocycles. The van der Waals surface area contributed by atoms with Crippen molar-refractivity contribution in [1.82, 2.24) is 9.80 Å². The van der Waals surface area contributed by atoms with Crippen molar-refractivity contribution >= 4 is 17.6 Å². The van der Waals surface area contributed by atoms with Crippen LogP contribution in [0.25, 0.3) is 0 Å². The van der Waals surface area contributed by atoms with Gasteiger partial charge in [-0.3, -0.25) is 14.4 Å². The number of carbonyl (C=O) groups excluding carboxylic acids is 3. The minimum absolute atomic E-state index is 0.0439. The van der Waals surface area contributed by atoms with Crippen LogP contribution in [0.3, 0.4) is 0 Å². The van der Waals surface area contributed by atoms with Crippen molar-refractivity contribution in [2.75, 3.05) is 13.1 Å². The molecule has 0 spiro atoms. The van der Waals surface area contributed by atoms with E-state index in [1.165, 1.54) is 62.4 Å². The molecule has 8 nitrogen and oxygen atoms in total. The van der Waals surface area contributed by atoms with Crippen LogP contribution in [0, 0.1) is 11.6 Å². The summed E-state index contributed by atoms with van der Waals surface area (Å²) in [4.78, 5) is 41.4.